The number of carbonyl (C=O) groups is 5. The van der Waals surface area contributed by atoms with E-state index in [1.807, 2.05) is 107 Å². The number of nitriles is 1. The summed E-state index contributed by atoms with van der Waals surface area (Å²) in [6, 6.07) is 28.1. The summed E-state index contributed by atoms with van der Waals surface area (Å²) in [7, 11) is 1.88. The number of rotatable bonds is 30. The highest BCUT2D eigenvalue weighted by molar-refractivity contribution is 5.95. The number of aliphatic hydroxyl groups excluding tert-OH is 1. The van der Waals surface area contributed by atoms with E-state index in [1.165, 1.54) is 0 Å². The molecule has 90 heavy (non-hydrogen) atoms. The van der Waals surface area contributed by atoms with Crippen molar-refractivity contribution in [1.29, 1.82) is 5.26 Å². The number of hydrogen-bond donors (Lipinski definition) is 4. The predicted molar refractivity (Wildman–Crippen MR) is 358 cm³/mol. The van der Waals surface area contributed by atoms with E-state index in [9.17, 15) is 29.1 Å². The van der Waals surface area contributed by atoms with Gasteiger partial charge in [0.1, 0.15) is 0 Å². The second kappa shape index (κ2) is 41.0. The number of nitrogens with zero attached hydrogens (tertiary/aromatic N) is 8. The van der Waals surface area contributed by atoms with Gasteiger partial charge >= 0.3 is 0 Å². The van der Waals surface area contributed by atoms with Gasteiger partial charge in [-0.15, -0.1) is 0 Å². The smallest absolute Gasteiger partial charge is 0.253 e. The van der Waals surface area contributed by atoms with Crippen LogP contribution < -0.4 is 16.4 Å². The van der Waals surface area contributed by atoms with Gasteiger partial charge in [0.15, 0.2) is 0 Å². The van der Waals surface area contributed by atoms with Gasteiger partial charge in [-0.1, -0.05) is 101 Å². The van der Waals surface area contributed by atoms with Crippen molar-refractivity contribution < 1.29 is 29.1 Å². The molecule has 480 valence electrons. The molecule has 8 rings (SSSR count). The van der Waals surface area contributed by atoms with Crippen LogP contribution in [0.25, 0.3) is 12.2 Å². The van der Waals surface area contributed by atoms with Crippen LogP contribution in [0.1, 0.15) is 179 Å². The first-order valence-corrected chi connectivity index (χ1v) is 32.8. The number of aliphatic imine (C=N–C) groups is 1. The monoisotopic (exact) mass is 1220 g/mol. The number of benzene rings is 2. The summed E-state index contributed by atoms with van der Waals surface area (Å²) < 4.78 is 0. The van der Waals surface area contributed by atoms with Gasteiger partial charge in [0.2, 0.25) is 23.9 Å². The number of hydrogen-bond acceptors (Lipinski definition) is 12. The first-order chi connectivity index (χ1) is 43.9. The second-order valence-electron chi connectivity index (χ2n) is 24.3. The van der Waals surface area contributed by atoms with Crippen LogP contribution in [0.5, 0.6) is 0 Å². The first-order valence-electron chi connectivity index (χ1n) is 32.8. The van der Waals surface area contributed by atoms with Crippen molar-refractivity contribution in [2.24, 2.45) is 22.2 Å². The van der Waals surface area contributed by atoms with Crippen LogP contribution in [0.15, 0.2) is 145 Å². The number of nitrogen functional groups attached to an aromatic ring is 1. The van der Waals surface area contributed by atoms with Crippen LogP contribution >= 0.6 is 0 Å². The summed E-state index contributed by atoms with van der Waals surface area (Å²) in [6.07, 6.45) is 42.6. The standard InChI is InChI=1S/C25H38N4O2.C24H30N4O2.C24H29N3O2/c1-29(19-25(20-30)14-8-9-15-25)24(31)11-7-5-3-2-4-6-10-23(28-21-26)18-22-12-16-27-17-13-22;25-22-8-3-7-21(17-22)24(30)28-15-11-19(12-16-28)5-1-2-14-27-23(29)10-9-20-6-4-13-26-18-20;28-23(12-11-21-8-6-15-25-19-21)26-16-5-4-7-20-13-17-27(18-14-20)24(29)22-9-2-1-3-10-22/h12-13,16-17,30H,2-11,14-15,18-20H2,1H3;3-4,6-10,13,17-19H,1-2,5,11-12,14-16,25H2,(H,27,29);1-3,6,8-12,15,19-20H,4-5,7,13-14,16-18H2,(H,26,28)/b;10-9+;12-11+. The van der Waals surface area contributed by atoms with Gasteiger partial charge in [-0.05, 0) is 166 Å². The molecule has 5 heterocycles. The van der Waals surface area contributed by atoms with Gasteiger partial charge in [-0.25, -0.2) is 0 Å². The van der Waals surface area contributed by atoms with Crippen LogP contribution in [-0.2, 0) is 20.8 Å². The molecule has 0 bridgehead atoms. The molecule has 2 aliphatic heterocycles. The molecule has 1 aliphatic carbocycles. The maximum absolute atomic E-state index is 12.6. The summed E-state index contributed by atoms with van der Waals surface area (Å²) in [4.78, 5) is 83.0. The number of nitrogens with one attached hydrogen (secondary N) is 2. The van der Waals surface area contributed by atoms with Gasteiger partial charge in [0, 0.05) is 143 Å². The minimum Gasteiger partial charge on any atom is -0.399 e. The number of aromatic nitrogens is 3. The average Bonchev–Trinajstić information content (AvgIpc) is 3.15. The lowest BCUT2D eigenvalue weighted by Gasteiger charge is -2.32. The third-order valence-electron chi connectivity index (χ3n) is 17.3. The van der Waals surface area contributed by atoms with Crippen LogP contribution in [0, 0.1) is 28.7 Å². The highest BCUT2D eigenvalue weighted by atomic mass is 16.3. The van der Waals surface area contributed by atoms with Crippen LogP contribution in [-0.4, -0.2) is 129 Å². The largest absolute Gasteiger partial charge is 0.399 e. The number of amides is 5. The molecule has 3 aliphatic rings. The molecule has 5 amide bonds. The average molecular weight is 1220 g/mol. The maximum atomic E-state index is 12.6. The maximum Gasteiger partial charge on any atom is 0.253 e. The van der Waals surface area contributed by atoms with E-state index < -0.39 is 0 Å². The quantitative estimate of drug-likeness (QED) is 0.0111. The number of aliphatic hydroxyl groups is 1. The second-order valence-corrected chi connectivity index (χ2v) is 24.3. The zero-order chi connectivity index (χ0) is 63.9. The number of nitrogens with two attached hydrogens (primary N) is 1. The Bertz CT molecular complexity index is 3020. The summed E-state index contributed by atoms with van der Waals surface area (Å²) in [5, 5.41) is 24.5. The number of carbonyl (C=O) groups excluding carboxylic acids is 5. The molecular weight excluding hydrogens is 1130 g/mol. The van der Waals surface area contributed by atoms with Gasteiger partial charge in [-0.3, -0.25) is 38.9 Å². The lowest BCUT2D eigenvalue weighted by molar-refractivity contribution is -0.132. The van der Waals surface area contributed by atoms with Crippen molar-refractivity contribution in [3.63, 3.8) is 0 Å². The lowest BCUT2D eigenvalue weighted by Crippen LogP contribution is -2.39. The Kier molecular flexibility index (Phi) is 32.2. The highest BCUT2D eigenvalue weighted by Gasteiger charge is 2.35. The van der Waals surface area contributed by atoms with Crippen molar-refractivity contribution in [3.05, 3.63) is 168 Å². The Morgan fingerprint density at radius 3 is 1.68 bits per heavy atom. The Morgan fingerprint density at radius 2 is 1.17 bits per heavy atom. The van der Waals surface area contributed by atoms with Gasteiger partial charge < -0.3 is 36.2 Å². The van der Waals surface area contributed by atoms with E-state index in [4.69, 9.17) is 11.0 Å². The Hall–Kier alpha value is -8.36. The van der Waals surface area contributed by atoms with Crippen molar-refractivity contribution in [3.8, 4) is 6.19 Å². The van der Waals surface area contributed by atoms with Crippen molar-refractivity contribution in [2.75, 3.05) is 65.2 Å². The van der Waals surface area contributed by atoms with Crippen molar-refractivity contribution in [1.82, 2.24) is 40.3 Å². The van der Waals surface area contributed by atoms with E-state index in [-0.39, 0.29) is 41.6 Å². The summed E-state index contributed by atoms with van der Waals surface area (Å²) in [6.45, 7) is 5.54. The highest BCUT2D eigenvalue weighted by Crippen LogP contribution is 2.38. The molecule has 17 heteroatoms. The number of anilines is 1. The molecule has 3 fully saturated rings. The zero-order valence-corrected chi connectivity index (χ0v) is 53.2. The number of unbranched alkanes of at least 4 members (excludes halogenated alkanes) is 7. The van der Waals surface area contributed by atoms with Crippen molar-refractivity contribution >= 4 is 53.1 Å². The van der Waals surface area contributed by atoms with Gasteiger partial charge in [0.25, 0.3) is 11.8 Å². The van der Waals surface area contributed by atoms with Crippen molar-refractivity contribution in [2.45, 2.75) is 148 Å². The van der Waals surface area contributed by atoms with E-state index in [1.54, 1.807) is 73.6 Å². The normalized spacial score (nSPS) is 15.1. The third kappa shape index (κ3) is 27.2. The van der Waals surface area contributed by atoms with Crippen LogP contribution in [0.4, 0.5) is 5.69 Å². The molecule has 17 nitrogen and oxygen atoms in total. The molecule has 2 aromatic carbocycles. The molecule has 0 atom stereocenters. The Morgan fingerprint density at radius 1 is 0.644 bits per heavy atom. The molecule has 5 aromatic rings. The lowest BCUT2D eigenvalue weighted by atomic mass is 9.86. The predicted octanol–water partition coefficient (Wildman–Crippen LogP) is 12.1. The van der Waals surface area contributed by atoms with E-state index >= 15 is 0 Å². The number of pyridine rings is 3. The molecular formula is C73H97N11O6. The number of piperidine rings is 2. The molecule has 2 saturated heterocycles. The van der Waals surface area contributed by atoms with Crippen LogP contribution in [0.3, 0.4) is 0 Å². The molecule has 1 saturated carbocycles. The summed E-state index contributed by atoms with van der Waals surface area (Å²) in [5.41, 5.74) is 11.7. The minimum absolute atomic E-state index is 0.0600. The van der Waals surface area contributed by atoms with Gasteiger partial charge in [0.05, 0.1) is 6.61 Å². The van der Waals surface area contributed by atoms with E-state index in [0.29, 0.717) is 55.6 Å². The summed E-state index contributed by atoms with van der Waals surface area (Å²) in [5.74, 6) is 1.60. The Balaban J connectivity index is 0.000000215. The van der Waals surface area contributed by atoms with Gasteiger partial charge in [-0.2, -0.15) is 10.3 Å². The SMILES string of the molecule is CN(CC1(CO)CCCC1)C(=O)CCCCCCCCC(Cc1ccncc1)=NC#N.Nc1cccc(C(=O)N2CCC(CCCCNC(=O)/C=C/c3cccnc3)CC2)c1.O=C(/C=C/c1cccnc1)NCCCCC1CCN(C(=O)c2ccccc2)CC1. The van der Waals surface area contributed by atoms with E-state index in [0.717, 1.165) is 189 Å². The Labute approximate surface area is 534 Å². The number of likely N-dealkylation sites (tertiary alicyclic amines) is 2. The van der Waals surface area contributed by atoms with Crippen LogP contribution in [0.2, 0.25) is 0 Å². The van der Waals surface area contributed by atoms with E-state index in [2.05, 4.69) is 30.6 Å². The topological polar surface area (TPSA) is 240 Å². The molecule has 0 unspecified atom stereocenters. The fourth-order valence-corrected chi connectivity index (χ4v) is 12.0. The zero-order valence-electron chi connectivity index (χ0n) is 53.2. The molecule has 5 N–H and O–H groups in total. The minimum atomic E-state index is -0.0766. The fraction of sp³-hybridized carbons (Fsp3) is 0.479. The summed E-state index contributed by atoms with van der Waals surface area (Å²) >= 11 is 0. The molecule has 3 aromatic heterocycles. The molecule has 0 spiro atoms. The molecule has 0 radical (unpaired) electrons. The fourth-order valence-electron chi connectivity index (χ4n) is 12.0. The third-order valence-corrected chi connectivity index (χ3v) is 17.3. The first kappa shape index (κ1) is 70.7.